The highest BCUT2D eigenvalue weighted by Gasteiger charge is 2.16. The largest absolute Gasteiger partial charge is 0.455 e. The summed E-state index contributed by atoms with van der Waals surface area (Å²) in [5.74, 6) is 1.10. The average molecular weight is 327 g/mol. The van der Waals surface area contributed by atoms with Gasteiger partial charge >= 0.3 is 0 Å². The van der Waals surface area contributed by atoms with Crippen molar-refractivity contribution in [2.24, 2.45) is 5.10 Å². The third kappa shape index (κ3) is 2.84. The molecule has 0 unspecified atom stereocenters. The van der Waals surface area contributed by atoms with Crippen LogP contribution in [-0.4, -0.2) is 31.5 Å². The van der Waals surface area contributed by atoms with E-state index in [1.165, 1.54) is 12.3 Å². The summed E-state index contributed by atoms with van der Waals surface area (Å²) in [6.07, 6.45) is 1.42. The van der Waals surface area contributed by atoms with Crippen molar-refractivity contribution in [1.82, 2.24) is 20.3 Å². The third-order valence-corrected chi connectivity index (χ3v) is 3.40. The number of aromatic nitrogens is 4. The van der Waals surface area contributed by atoms with E-state index in [9.17, 15) is 10.1 Å². The van der Waals surface area contributed by atoms with Gasteiger partial charge in [-0.05, 0) is 48.0 Å². The zero-order valence-corrected chi connectivity index (χ0v) is 12.9. The van der Waals surface area contributed by atoms with Crippen LogP contribution in [0.2, 0.25) is 0 Å². The van der Waals surface area contributed by atoms with Gasteiger partial charge in [0.05, 0.1) is 11.1 Å². The number of anilines is 1. The van der Waals surface area contributed by atoms with Crippen LogP contribution in [0.3, 0.4) is 0 Å². The summed E-state index contributed by atoms with van der Waals surface area (Å²) in [4.78, 5) is 11.6. The van der Waals surface area contributed by atoms with Gasteiger partial charge in [0, 0.05) is 17.2 Å². The molecule has 0 saturated carbocycles. The average Bonchev–Trinajstić information content (AvgIpc) is 3.16. The molecule has 0 aliphatic rings. The van der Waals surface area contributed by atoms with Crippen LogP contribution in [0.5, 0.6) is 0 Å². The van der Waals surface area contributed by atoms with E-state index in [2.05, 4.69) is 20.6 Å². The molecule has 0 saturated heterocycles. The number of nitro benzene ring substituents is 1. The molecule has 24 heavy (non-hydrogen) atoms. The molecule has 2 aromatic heterocycles. The molecular weight excluding hydrogens is 314 g/mol. The van der Waals surface area contributed by atoms with Crippen molar-refractivity contribution in [3.63, 3.8) is 0 Å². The summed E-state index contributed by atoms with van der Waals surface area (Å²) in [5.41, 5.74) is 7.67. The Kier molecular flexibility index (Phi) is 3.78. The number of benzene rings is 1. The summed E-state index contributed by atoms with van der Waals surface area (Å²) < 4.78 is 5.70. The first-order chi connectivity index (χ1) is 11.5. The second-order valence-corrected chi connectivity index (χ2v) is 5.08. The minimum Gasteiger partial charge on any atom is -0.455 e. The quantitative estimate of drug-likeness (QED) is 0.438. The number of nitrogens with zero attached hydrogens (tertiary/aromatic N) is 6. The monoisotopic (exact) mass is 327 g/mol. The molecule has 0 amide bonds. The van der Waals surface area contributed by atoms with Gasteiger partial charge in [0.2, 0.25) is 0 Å². The Labute approximate surface area is 135 Å². The van der Waals surface area contributed by atoms with Crippen LogP contribution in [0.25, 0.3) is 11.3 Å². The fourth-order valence-corrected chi connectivity index (χ4v) is 2.21. The van der Waals surface area contributed by atoms with Gasteiger partial charge in [-0.25, -0.2) is 0 Å². The van der Waals surface area contributed by atoms with E-state index in [0.717, 1.165) is 15.9 Å². The number of rotatable bonds is 4. The molecule has 0 aliphatic carbocycles. The number of hydrogen-bond donors (Lipinski definition) is 1. The van der Waals surface area contributed by atoms with Crippen molar-refractivity contribution in [2.75, 3.05) is 5.73 Å². The number of furan rings is 1. The summed E-state index contributed by atoms with van der Waals surface area (Å²) in [6.45, 7) is 3.48. The smallest absolute Gasteiger partial charge is 0.272 e. The number of tetrazole rings is 1. The lowest BCUT2D eigenvalue weighted by Gasteiger charge is -2.05. The molecule has 0 fully saturated rings. The van der Waals surface area contributed by atoms with Gasteiger partial charge in [-0.3, -0.25) is 10.1 Å². The van der Waals surface area contributed by atoms with Gasteiger partial charge < -0.3 is 10.2 Å². The van der Waals surface area contributed by atoms with E-state index in [-0.39, 0.29) is 11.6 Å². The standard InChI is InChI=1S/C14H13N7O3/c1-8-6-12(21(22)23)9(2)5-11(8)13-4-3-10(24-13)7-16-20-14(15)17-18-19-20/h3-7H,1-2H3,(H2,15,17,19). The van der Waals surface area contributed by atoms with Crippen molar-refractivity contribution in [2.45, 2.75) is 13.8 Å². The maximum Gasteiger partial charge on any atom is 0.272 e. The second-order valence-electron chi connectivity index (χ2n) is 5.08. The molecule has 0 atom stereocenters. The van der Waals surface area contributed by atoms with E-state index >= 15 is 0 Å². The zero-order chi connectivity index (χ0) is 17.3. The van der Waals surface area contributed by atoms with Crippen LogP contribution in [0.1, 0.15) is 16.9 Å². The van der Waals surface area contributed by atoms with Crippen LogP contribution in [0.15, 0.2) is 33.8 Å². The number of nitrogens with two attached hydrogens (primary N) is 1. The number of hydrogen-bond acceptors (Lipinski definition) is 8. The van der Waals surface area contributed by atoms with E-state index in [1.807, 2.05) is 0 Å². The van der Waals surface area contributed by atoms with E-state index < -0.39 is 4.92 Å². The Balaban J connectivity index is 1.91. The first-order valence-corrected chi connectivity index (χ1v) is 6.90. The summed E-state index contributed by atoms with van der Waals surface area (Å²) in [5, 5.41) is 25.4. The molecule has 10 nitrogen and oxygen atoms in total. The molecule has 0 bridgehead atoms. The molecule has 3 aromatic rings. The molecular formula is C14H13N7O3. The SMILES string of the molecule is Cc1cc([N+](=O)[O-])c(C)cc1-c1ccc(C=Nn2nnnc2N)o1. The number of nitrogen functional groups attached to an aromatic ring is 1. The maximum absolute atomic E-state index is 11.0. The molecule has 1 aromatic carbocycles. The maximum atomic E-state index is 11.0. The summed E-state index contributed by atoms with van der Waals surface area (Å²) in [6, 6.07) is 6.74. The lowest BCUT2D eigenvalue weighted by molar-refractivity contribution is -0.385. The lowest BCUT2D eigenvalue weighted by atomic mass is 10.0. The molecule has 0 aliphatic heterocycles. The van der Waals surface area contributed by atoms with Crippen molar-refractivity contribution in [1.29, 1.82) is 0 Å². The second kappa shape index (κ2) is 5.91. The Morgan fingerprint density at radius 1 is 1.33 bits per heavy atom. The summed E-state index contributed by atoms with van der Waals surface area (Å²) >= 11 is 0. The van der Waals surface area contributed by atoms with E-state index in [4.69, 9.17) is 10.2 Å². The van der Waals surface area contributed by atoms with Gasteiger partial charge in [0.1, 0.15) is 11.5 Å². The predicted octanol–water partition coefficient (Wildman–Crippen LogP) is 1.92. The molecule has 2 N–H and O–H groups in total. The fourth-order valence-electron chi connectivity index (χ4n) is 2.21. The predicted molar refractivity (Wildman–Crippen MR) is 85.5 cm³/mol. The lowest BCUT2D eigenvalue weighted by Crippen LogP contribution is -1.99. The highest BCUT2D eigenvalue weighted by molar-refractivity contribution is 5.78. The normalized spacial score (nSPS) is 11.2. The van der Waals surface area contributed by atoms with Gasteiger partial charge in [-0.2, -0.15) is 5.10 Å². The topological polar surface area (TPSA) is 138 Å². The van der Waals surface area contributed by atoms with Crippen molar-refractivity contribution in [3.05, 3.63) is 51.3 Å². The number of nitro groups is 1. The zero-order valence-electron chi connectivity index (χ0n) is 12.9. The highest BCUT2D eigenvalue weighted by Crippen LogP contribution is 2.30. The Hall–Kier alpha value is -3.56. The van der Waals surface area contributed by atoms with Crippen molar-refractivity contribution in [3.8, 4) is 11.3 Å². The first-order valence-electron chi connectivity index (χ1n) is 6.90. The summed E-state index contributed by atoms with van der Waals surface area (Å²) in [7, 11) is 0. The molecule has 122 valence electrons. The molecule has 3 rings (SSSR count). The van der Waals surface area contributed by atoms with Crippen LogP contribution in [0.4, 0.5) is 11.6 Å². The molecule has 2 heterocycles. The van der Waals surface area contributed by atoms with Crippen LogP contribution < -0.4 is 5.73 Å². The van der Waals surface area contributed by atoms with Gasteiger partial charge in [-0.1, -0.05) is 9.89 Å². The van der Waals surface area contributed by atoms with Gasteiger partial charge in [-0.15, -0.1) is 0 Å². The minimum absolute atomic E-state index is 0.0554. The Morgan fingerprint density at radius 2 is 2.12 bits per heavy atom. The Bertz CT molecular complexity index is 942. The van der Waals surface area contributed by atoms with Crippen molar-refractivity contribution < 1.29 is 9.34 Å². The van der Waals surface area contributed by atoms with E-state index in [1.54, 1.807) is 32.0 Å². The minimum atomic E-state index is -0.400. The van der Waals surface area contributed by atoms with Gasteiger partial charge in [0.15, 0.2) is 0 Å². The van der Waals surface area contributed by atoms with E-state index in [0.29, 0.717) is 17.1 Å². The third-order valence-electron chi connectivity index (χ3n) is 3.40. The van der Waals surface area contributed by atoms with Crippen LogP contribution in [-0.2, 0) is 0 Å². The van der Waals surface area contributed by atoms with Crippen LogP contribution >= 0.6 is 0 Å². The van der Waals surface area contributed by atoms with Gasteiger partial charge in [0.25, 0.3) is 11.6 Å². The Morgan fingerprint density at radius 3 is 2.79 bits per heavy atom. The molecule has 0 spiro atoms. The highest BCUT2D eigenvalue weighted by atomic mass is 16.6. The molecule has 10 heteroatoms. The van der Waals surface area contributed by atoms with Crippen molar-refractivity contribution >= 4 is 17.9 Å². The van der Waals surface area contributed by atoms with Crippen LogP contribution in [0, 0.1) is 24.0 Å². The first kappa shape index (κ1) is 15.3. The number of aryl methyl sites for hydroxylation is 2. The fraction of sp³-hybridized carbons (Fsp3) is 0.143. The molecule has 0 radical (unpaired) electrons.